The van der Waals surface area contributed by atoms with Crippen LogP contribution in [0.1, 0.15) is 13.3 Å². The maximum atomic E-state index is 12.2. The van der Waals surface area contributed by atoms with Crippen LogP contribution in [0, 0.1) is 0 Å². The molecule has 24 heavy (non-hydrogen) atoms. The lowest BCUT2D eigenvalue weighted by atomic mass is 10.2. The van der Waals surface area contributed by atoms with E-state index in [1.807, 2.05) is 12.1 Å². The summed E-state index contributed by atoms with van der Waals surface area (Å²) in [5, 5.41) is 4.32. The maximum absolute atomic E-state index is 12.2. The molecule has 1 aliphatic rings. The predicted octanol–water partition coefficient (Wildman–Crippen LogP) is 1.78. The number of hydrogen-bond acceptors (Lipinski definition) is 3. The number of aryl methyl sites for hydroxylation is 1. The quantitative estimate of drug-likeness (QED) is 0.879. The molecule has 0 radical (unpaired) electrons. The minimum absolute atomic E-state index is 0.133. The van der Waals surface area contributed by atoms with Crippen molar-refractivity contribution >= 4 is 16.8 Å². The average molecular weight is 328 g/mol. The number of amides is 1. The monoisotopic (exact) mass is 328 g/mol. The minimum Gasteiger partial charge on any atom is -0.354 e. The van der Waals surface area contributed by atoms with Gasteiger partial charge in [-0.1, -0.05) is 18.2 Å². The number of para-hydroxylation sites is 1. The molecule has 0 aliphatic carbocycles. The Morgan fingerprint density at radius 2 is 1.92 bits per heavy atom. The fourth-order valence-corrected chi connectivity index (χ4v) is 3.30. The van der Waals surface area contributed by atoms with Crippen molar-refractivity contribution in [2.75, 3.05) is 39.8 Å². The van der Waals surface area contributed by atoms with Gasteiger partial charge in [0.1, 0.15) is 0 Å². The standard InChI is InChI=1S/C19H28N4O/c1-16(22-13-11-21(2)12-14-22)15-20-19(24)8-10-23-9-7-17-5-3-4-6-18(17)23/h3-7,9,16H,8,10-15H2,1-2H3,(H,20,24)/t16-/m0/s1. The molecule has 1 saturated heterocycles. The normalized spacial score (nSPS) is 17.9. The van der Waals surface area contributed by atoms with E-state index in [-0.39, 0.29) is 5.91 Å². The molecule has 2 aromatic rings. The van der Waals surface area contributed by atoms with E-state index in [2.05, 4.69) is 58.1 Å². The number of rotatable bonds is 6. The summed E-state index contributed by atoms with van der Waals surface area (Å²) < 4.78 is 2.15. The number of nitrogens with one attached hydrogen (secondary N) is 1. The largest absolute Gasteiger partial charge is 0.354 e. The fraction of sp³-hybridized carbons (Fsp3) is 0.526. The highest BCUT2D eigenvalue weighted by molar-refractivity contribution is 5.80. The van der Waals surface area contributed by atoms with E-state index in [1.165, 1.54) is 10.9 Å². The smallest absolute Gasteiger partial charge is 0.221 e. The second-order valence-electron chi connectivity index (χ2n) is 6.81. The lowest BCUT2D eigenvalue weighted by molar-refractivity contribution is -0.121. The van der Waals surface area contributed by atoms with E-state index >= 15 is 0 Å². The van der Waals surface area contributed by atoms with Gasteiger partial charge in [0, 0.05) is 63.4 Å². The van der Waals surface area contributed by atoms with Crippen LogP contribution < -0.4 is 5.32 Å². The van der Waals surface area contributed by atoms with Crippen LogP contribution in [0.2, 0.25) is 0 Å². The summed E-state index contributed by atoms with van der Waals surface area (Å²) in [5.41, 5.74) is 1.19. The number of likely N-dealkylation sites (N-methyl/N-ethyl adjacent to an activating group) is 1. The van der Waals surface area contributed by atoms with Gasteiger partial charge in [-0.3, -0.25) is 9.69 Å². The van der Waals surface area contributed by atoms with Crippen LogP contribution >= 0.6 is 0 Å². The van der Waals surface area contributed by atoms with Crippen molar-refractivity contribution in [3.05, 3.63) is 36.5 Å². The molecule has 1 amide bonds. The third-order valence-corrected chi connectivity index (χ3v) is 5.02. The highest BCUT2D eigenvalue weighted by atomic mass is 16.1. The van der Waals surface area contributed by atoms with E-state index < -0.39 is 0 Å². The SMILES string of the molecule is C[C@@H](CNC(=O)CCn1ccc2ccccc21)N1CCN(C)CC1. The summed E-state index contributed by atoms with van der Waals surface area (Å²) in [6, 6.07) is 10.8. The van der Waals surface area contributed by atoms with Crippen LogP contribution in [0.3, 0.4) is 0 Å². The number of carbonyl (C=O) groups excluding carboxylic acids is 1. The first kappa shape index (κ1) is 17.0. The first-order valence-corrected chi connectivity index (χ1v) is 8.86. The third kappa shape index (κ3) is 4.16. The molecule has 1 aromatic carbocycles. The first-order chi connectivity index (χ1) is 11.6. The molecular weight excluding hydrogens is 300 g/mol. The summed E-state index contributed by atoms with van der Waals surface area (Å²) in [5.74, 6) is 0.133. The van der Waals surface area contributed by atoms with Gasteiger partial charge in [0.25, 0.3) is 0 Å². The summed E-state index contributed by atoms with van der Waals surface area (Å²) in [6.45, 7) is 8.05. The molecule has 2 heterocycles. The van der Waals surface area contributed by atoms with Gasteiger partial charge >= 0.3 is 0 Å². The molecule has 1 N–H and O–H groups in total. The van der Waals surface area contributed by atoms with Gasteiger partial charge in [-0.25, -0.2) is 0 Å². The summed E-state index contributed by atoms with van der Waals surface area (Å²) in [4.78, 5) is 17.0. The maximum Gasteiger partial charge on any atom is 0.221 e. The molecule has 3 rings (SSSR count). The highest BCUT2D eigenvalue weighted by Crippen LogP contribution is 2.15. The van der Waals surface area contributed by atoms with Gasteiger partial charge in [0.05, 0.1) is 0 Å². The third-order valence-electron chi connectivity index (χ3n) is 5.02. The van der Waals surface area contributed by atoms with Gasteiger partial charge in [0.2, 0.25) is 5.91 Å². The Kier molecular flexibility index (Phi) is 5.53. The van der Waals surface area contributed by atoms with Crippen LogP contribution in [-0.4, -0.2) is 66.1 Å². The van der Waals surface area contributed by atoms with E-state index in [1.54, 1.807) is 0 Å². The number of nitrogens with zero attached hydrogens (tertiary/aromatic N) is 3. The minimum atomic E-state index is 0.133. The van der Waals surface area contributed by atoms with Crippen LogP contribution in [0.15, 0.2) is 36.5 Å². The first-order valence-electron chi connectivity index (χ1n) is 8.86. The zero-order chi connectivity index (χ0) is 16.9. The molecule has 0 spiro atoms. The van der Waals surface area contributed by atoms with E-state index in [0.717, 1.165) is 39.3 Å². The summed E-state index contributed by atoms with van der Waals surface area (Å²) in [6.07, 6.45) is 2.58. The van der Waals surface area contributed by atoms with Crippen molar-refractivity contribution in [2.45, 2.75) is 25.9 Å². The van der Waals surface area contributed by atoms with Crippen LogP contribution in [0.4, 0.5) is 0 Å². The average Bonchev–Trinajstić information content (AvgIpc) is 3.01. The van der Waals surface area contributed by atoms with Gasteiger partial charge in [0.15, 0.2) is 0 Å². The number of hydrogen-bond donors (Lipinski definition) is 1. The van der Waals surface area contributed by atoms with Crippen molar-refractivity contribution in [1.29, 1.82) is 0 Å². The lowest BCUT2D eigenvalue weighted by Crippen LogP contribution is -2.51. The molecule has 5 nitrogen and oxygen atoms in total. The molecule has 0 saturated carbocycles. The Labute approximate surface area is 144 Å². The van der Waals surface area contributed by atoms with Crippen molar-refractivity contribution in [3.8, 4) is 0 Å². The number of fused-ring (bicyclic) bond motifs is 1. The van der Waals surface area contributed by atoms with Crippen LogP contribution in [0.5, 0.6) is 0 Å². The zero-order valence-corrected chi connectivity index (χ0v) is 14.7. The molecule has 1 fully saturated rings. The number of carbonyl (C=O) groups is 1. The molecule has 1 atom stereocenters. The molecule has 5 heteroatoms. The zero-order valence-electron chi connectivity index (χ0n) is 14.7. The van der Waals surface area contributed by atoms with Crippen molar-refractivity contribution in [3.63, 3.8) is 0 Å². The number of piperazine rings is 1. The molecule has 1 aromatic heterocycles. The van der Waals surface area contributed by atoms with Crippen LogP contribution in [-0.2, 0) is 11.3 Å². The second kappa shape index (κ2) is 7.81. The Bertz CT molecular complexity index is 673. The Balaban J connectivity index is 1.42. The van der Waals surface area contributed by atoms with Crippen molar-refractivity contribution in [1.82, 2.24) is 19.7 Å². The van der Waals surface area contributed by atoms with E-state index in [0.29, 0.717) is 12.5 Å². The summed E-state index contributed by atoms with van der Waals surface area (Å²) >= 11 is 0. The second-order valence-corrected chi connectivity index (χ2v) is 6.81. The highest BCUT2D eigenvalue weighted by Gasteiger charge is 2.19. The molecule has 1 aliphatic heterocycles. The van der Waals surface area contributed by atoms with E-state index in [4.69, 9.17) is 0 Å². The van der Waals surface area contributed by atoms with Gasteiger partial charge in [-0.15, -0.1) is 0 Å². The lowest BCUT2D eigenvalue weighted by Gasteiger charge is -2.36. The fourth-order valence-electron chi connectivity index (χ4n) is 3.30. The molecule has 0 bridgehead atoms. The van der Waals surface area contributed by atoms with Gasteiger partial charge in [-0.05, 0) is 31.5 Å². The number of benzene rings is 1. The van der Waals surface area contributed by atoms with Crippen molar-refractivity contribution < 1.29 is 4.79 Å². The number of aromatic nitrogens is 1. The molecule has 130 valence electrons. The van der Waals surface area contributed by atoms with Crippen molar-refractivity contribution in [2.24, 2.45) is 0 Å². The molecular formula is C19H28N4O. The molecule has 0 unspecified atom stereocenters. The predicted molar refractivity (Wildman–Crippen MR) is 98.1 cm³/mol. The van der Waals surface area contributed by atoms with Gasteiger partial charge < -0.3 is 14.8 Å². The Morgan fingerprint density at radius 1 is 1.17 bits per heavy atom. The Hall–Kier alpha value is -1.85. The topological polar surface area (TPSA) is 40.5 Å². The summed E-state index contributed by atoms with van der Waals surface area (Å²) in [7, 11) is 2.16. The van der Waals surface area contributed by atoms with Gasteiger partial charge in [-0.2, -0.15) is 0 Å². The van der Waals surface area contributed by atoms with E-state index in [9.17, 15) is 4.79 Å². The Morgan fingerprint density at radius 3 is 2.71 bits per heavy atom. The van der Waals surface area contributed by atoms with Crippen LogP contribution in [0.25, 0.3) is 10.9 Å².